The monoisotopic (exact) mass is 346 g/mol. The quantitative estimate of drug-likeness (QED) is 0.770. The summed E-state index contributed by atoms with van der Waals surface area (Å²) in [4.78, 5) is 17.9. The Morgan fingerprint density at radius 1 is 1.58 bits per heavy atom. The molecule has 0 aromatic carbocycles. The number of pyridine rings is 1. The average molecular weight is 347 g/mol. The van der Waals surface area contributed by atoms with Gasteiger partial charge in [-0.2, -0.15) is 16.2 Å². The van der Waals surface area contributed by atoms with E-state index >= 15 is 0 Å². The molecule has 1 fully saturated rings. The van der Waals surface area contributed by atoms with Crippen molar-refractivity contribution in [1.82, 2.24) is 9.88 Å². The number of hydrogen-bond acceptors (Lipinski definition) is 3. The van der Waals surface area contributed by atoms with Crippen LogP contribution in [0.15, 0.2) is 16.7 Å². The number of likely N-dealkylation sites (tertiary alicyclic amines) is 1. The number of amides is 1. The molecule has 6 heteroatoms. The molecule has 104 valence electrons. The third-order valence-electron chi connectivity index (χ3n) is 3.29. The number of carbonyl (C=O) groups excluding carboxylic acids is 1. The van der Waals surface area contributed by atoms with Crippen LogP contribution in [0.3, 0.4) is 0 Å². The molecule has 1 amide bonds. The molecule has 1 saturated heterocycles. The van der Waals surface area contributed by atoms with Crippen LogP contribution in [0.25, 0.3) is 0 Å². The van der Waals surface area contributed by atoms with Gasteiger partial charge in [0, 0.05) is 24.5 Å². The van der Waals surface area contributed by atoms with E-state index in [-0.39, 0.29) is 10.4 Å². The maximum atomic E-state index is 13.1. The van der Waals surface area contributed by atoms with E-state index < -0.39 is 5.95 Å². The van der Waals surface area contributed by atoms with Crippen LogP contribution in [0.5, 0.6) is 0 Å². The summed E-state index contributed by atoms with van der Waals surface area (Å²) in [5, 5.41) is 0.489. The molecule has 3 nitrogen and oxygen atoms in total. The fourth-order valence-corrected chi connectivity index (χ4v) is 3.28. The summed E-state index contributed by atoms with van der Waals surface area (Å²) in [5.41, 5.74) is 0.440. The summed E-state index contributed by atoms with van der Waals surface area (Å²) in [7, 11) is 0. The molecule has 1 aliphatic rings. The molecule has 1 aromatic rings. The molecule has 0 bridgehead atoms. The standard InChI is InChI=1S/C13H16BrFN2OS/c1-19-10-4-2-3-5-17(8-10)13(18)9-6-11(14)12(15)16-7-9/h6-7,10H,2-5,8H2,1H3. The van der Waals surface area contributed by atoms with E-state index in [1.54, 1.807) is 11.8 Å². The van der Waals surface area contributed by atoms with Crippen molar-refractivity contribution in [2.75, 3.05) is 19.3 Å². The Bertz CT molecular complexity index is 472. The zero-order valence-electron chi connectivity index (χ0n) is 10.7. The highest BCUT2D eigenvalue weighted by molar-refractivity contribution is 9.10. The summed E-state index contributed by atoms with van der Waals surface area (Å²) < 4.78 is 13.3. The van der Waals surface area contributed by atoms with Gasteiger partial charge in [0.15, 0.2) is 0 Å². The van der Waals surface area contributed by atoms with Gasteiger partial charge in [-0.1, -0.05) is 6.42 Å². The van der Waals surface area contributed by atoms with Gasteiger partial charge in [0.05, 0.1) is 10.0 Å². The molecule has 1 atom stereocenters. The number of halogens is 2. The van der Waals surface area contributed by atoms with Crippen LogP contribution in [0.4, 0.5) is 4.39 Å². The Kier molecular flexibility index (Phi) is 5.21. The summed E-state index contributed by atoms with van der Waals surface area (Å²) in [6.07, 6.45) is 6.71. The fourth-order valence-electron chi connectivity index (χ4n) is 2.20. The first-order valence-corrected chi connectivity index (χ1v) is 8.33. The molecule has 0 N–H and O–H groups in total. The molecule has 2 rings (SSSR count). The van der Waals surface area contributed by atoms with Crippen molar-refractivity contribution in [2.45, 2.75) is 24.5 Å². The lowest BCUT2D eigenvalue weighted by Crippen LogP contribution is -2.35. The Labute approximate surface area is 125 Å². The van der Waals surface area contributed by atoms with Crippen molar-refractivity contribution >= 4 is 33.6 Å². The van der Waals surface area contributed by atoms with Crippen LogP contribution in [0.2, 0.25) is 0 Å². The maximum Gasteiger partial charge on any atom is 0.255 e. The number of nitrogens with zero attached hydrogens (tertiary/aromatic N) is 2. The summed E-state index contributed by atoms with van der Waals surface area (Å²) in [5.74, 6) is -0.649. The van der Waals surface area contributed by atoms with Crippen LogP contribution in [-0.4, -0.2) is 40.4 Å². The van der Waals surface area contributed by atoms with Crippen molar-refractivity contribution in [3.8, 4) is 0 Å². The minimum Gasteiger partial charge on any atom is -0.337 e. The van der Waals surface area contributed by atoms with E-state index in [4.69, 9.17) is 0 Å². The minimum atomic E-state index is -0.589. The molecule has 1 aromatic heterocycles. The summed E-state index contributed by atoms with van der Waals surface area (Å²) in [6.45, 7) is 1.53. The lowest BCUT2D eigenvalue weighted by atomic mass is 10.2. The first-order valence-electron chi connectivity index (χ1n) is 6.25. The largest absolute Gasteiger partial charge is 0.337 e. The second-order valence-electron chi connectivity index (χ2n) is 4.60. The minimum absolute atomic E-state index is 0.0610. The zero-order valence-corrected chi connectivity index (χ0v) is 13.1. The van der Waals surface area contributed by atoms with Gasteiger partial charge in [-0.05, 0) is 41.1 Å². The zero-order chi connectivity index (χ0) is 13.8. The Balaban J connectivity index is 2.15. The number of aromatic nitrogens is 1. The van der Waals surface area contributed by atoms with Crippen molar-refractivity contribution < 1.29 is 9.18 Å². The summed E-state index contributed by atoms with van der Waals surface area (Å²) >= 11 is 4.87. The molecule has 0 saturated carbocycles. The van der Waals surface area contributed by atoms with Gasteiger partial charge in [-0.3, -0.25) is 4.79 Å². The van der Waals surface area contributed by atoms with Gasteiger partial charge in [0.1, 0.15) is 0 Å². The van der Waals surface area contributed by atoms with E-state index in [9.17, 15) is 9.18 Å². The molecule has 0 aliphatic carbocycles. The molecular weight excluding hydrogens is 331 g/mol. The van der Waals surface area contributed by atoms with E-state index in [0.29, 0.717) is 10.8 Å². The molecule has 2 heterocycles. The van der Waals surface area contributed by atoms with Crippen LogP contribution >= 0.6 is 27.7 Å². The van der Waals surface area contributed by atoms with Gasteiger partial charge in [0.2, 0.25) is 5.95 Å². The van der Waals surface area contributed by atoms with Crippen LogP contribution < -0.4 is 0 Å². The highest BCUT2D eigenvalue weighted by atomic mass is 79.9. The first kappa shape index (κ1) is 14.8. The third kappa shape index (κ3) is 3.69. The highest BCUT2D eigenvalue weighted by Crippen LogP contribution is 2.22. The Morgan fingerprint density at radius 3 is 3.05 bits per heavy atom. The smallest absolute Gasteiger partial charge is 0.255 e. The van der Waals surface area contributed by atoms with Gasteiger partial charge >= 0.3 is 0 Å². The average Bonchev–Trinajstić information content (AvgIpc) is 2.66. The van der Waals surface area contributed by atoms with E-state index in [0.717, 1.165) is 32.4 Å². The lowest BCUT2D eigenvalue weighted by Gasteiger charge is -2.23. The summed E-state index contributed by atoms with van der Waals surface area (Å²) in [6, 6.07) is 1.50. The third-order valence-corrected chi connectivity index (χ3v) is 4.90. The molecule has 1 aliphatic heterocycles. The SMILES string of the molecule is CSC1CCCCN(C(=O)c2cnc(F)c(Br)c2)C1. The van der Waals surface area contributed by atoms with Gasteiger partial charge in [-0.25, -0.2) is 4.98 Å². The first-order chi connectivity index (χ1) is 9.11. The second kappa shape index (κ2) is 6.70. The van der Waals surface area contributed by atoms with Gasteiger partial charge in [0.25, 0.3) is 5.91 Å². The number of rotatable bonds is 2. The lowest BCUT2D eigenvalue weighted by molar-refractivity contribution is 0.0763. The van der Waals surface area contributed by atoms with Crippen molar-refractivity contribution in [1.29, 1.82) is 0 Å². The van der Waals surface area contributed by atoms with E-state index in [1.807, 2.05) is 4.90 Å². The molecule has 0 radical (unpaired) electrons. The predicted molar refractivity (Wildman–Crippen MR) is 79.0 cm³/mol. The number of thioether (sulfide) groups is 1. The Hall–Kier alpha value is -0.620. The maximum absolute atomic E-state index is 13.1. The van der Waals surface area contributed by atoms with Gasteiger partial charge in [-0.15, -0.1) is 0 Å². The topological polar surface area (TPSA) is 33.2 Å². The van der Waals surface area contributed by atoms with Crippen molar-refractivity contribution in [2.24, 2.45) is 0 Å². The molecule has 1 unspecified atom stereocenters. The van der Waals surface area contributed by atoms with Crippen molar-refractivity contribution in [3.05, 3.63) is 28.2 Å². The van der Waals surface area contributed by atoms with E-state index in [1.165, 1.54) is 12.3 Å². The molecule has 19 heavy (non-hydrogen) atoms. The normalized spacial score (nSPS) is 20.2. The van der Waals surface area contributed by atoms with Crippen molar-refractivity contribution in [3.63, 3.8) is 0 Å². The second-order valence-corrected chi connectivity index (χ2v) is 6.59. The molecular formula is C13H16BrFN2OS. The highest BCUT2D eigenvalue weighted by Gasteiger charge is 2.23. The fraction of sp³-hybridized carbons (Fsp3) is 0.538. The predicted octanol–water partition coefficient (Wildman–Crippen LogP) is 3.34. The number of hydrogen-bond donors (Lipinski definition) is 0. The number of carbonyl (C=O) groups is 1. The van der Waals surface area contributed by atoms with Crippen LogP contribution in [0, 0.1) is 5.95 Å². The Morgan fingerprint density at radius 2 is 2.37 bits per heavy atom. The van der Waals surface area contributed by atoms with E-state index in [2.05, 4.69) is 27.2 Å². The van der Waals surface area contributed by atoms with Crippen LogP contribution in [-0.2, 0) is 0 Å². The van der Waals surface area contributed by atoms with Gasteiger partial charge < -0.3 is 4.90 Å². The van der Waals surface area contributed by atoms with Crippen LogP contribution in [0.1, 0.15) is 29.6 Å². The molecule has 0 spiro atoms.